The maximum atomic E-state index is 9.61. The first kappa shape index (κ1) is 4.11. The van der Waals surface area contributed by atoms with Gasteiger partial charge in [-0.25, -0.2) is 0 Å². The molecule has 1 N–H and O–H groups in total. The highest BCUT2D eigenvalue weighted by Gasteiger charge is 2.02. The third kappa shape index (κ3) is 0.677. The molecule has 0 aromatic rings. The maximum absolute atomic E-state index is 9.61. The van der Waals surface area contributed by atoms with Crippen LogP contribution in [0.15, 0.2) is 5.16 Å². The maximum Gasteiger partial charge on any atom is 0.275 e. The Kier molecular flexibility index (Phi) is 0.934. The van der Waals surface area contributed by atoms with Gasteiger partial charge in [0, 0.05) is 0 Å². The molecular formula is C3H3N2O2. The molecule has 4 heteroatoms. The van der Waals surface area contributed by atoms with E-state index in [0.717, 1.165) is 0 Å². The van der Waals surface area contributed by atoms with Gasteiger partial charge < -0.3 is 10.2 Å². The molecule has 0 saturated carbocycles. The second-order valence-corrected chi connectivity index (χ2v) is 0.992. The van der Waals surface area contributed by atoms with Crippen molar-refractivity contribution in [1.29, 1.82) is 0 Å². The molecule has 0 unspecified atom stereocenters. The van der Waals surface area contributed by atoms with Gasteiger partial charge in [-0.2, -0.15) is 0 Å². The quantitative estimate of drug-likeness (QED) is 0.458. The van der Waals surface area contributed by atoms with Gasteiger partial charge in [0.1, 0.15) is 0 Å². The lowest BCUT2D eigenvalue weighted by Gasteiger charge is -1.80. The third-order valence-electron chi connectivity index (χ3n) is 0.557. The van der Waals surface area contributed by atoms with E-state index in [4.69, 9.17) is 0 Å². The first-order valence-corrected chi connectivity index (χ1v) is 1.75. The van der Waals surface area contributed by atoms with Gasteiger partial charge >= 0.3 is 0 Å². The fraction of sp³-hybridized carbons (Fsp3) is 0.333. The summed E-state index contributed by atoms with van der Waals surface area (Å²) in [7, 11) is 0. The van der Waals surface area contributed by atoms with Crippen LogP contribution < -0.4 is 5.32 Å². The molecule has 1 heterocycles. The van der Waals surface area contributed by atoms with Crippen molar-refractivity contribution < 1.29 is 9.63 Å². The van der Waals surface area contributed by atoms with E-state index >= 15 is 0 Å². The van der Waals surface area contributed by atoms with Gasteiger partial charge in [-0.15, -0.1) is 0 Å². The molecule has 1 aliphatic rings. The van der Waals surface area contributed by atoms with Crippen molar-refractivity contribution in [3.63, 3.8) is 0 Å². The van der Waals surface area contributed by atoms with E-state index in [0.29, 0.717) is 0 Å². The molecule has 0 atom stereocenters. The summed E-state index contributed by atoms with van der Waals surface area (Å²) in [5.74, 6) is 0.139. The molecule has 1 radical (unpaired) electrons. The minimum absolute atomic E-state index is 0.139. The van der Waals surface area contributed by atoms with E-state index in [2.05, 4.69) is 15.3 Å². The molecule has 0 amide bonds. The van der Waals surface area contributed by atoms with Gasteiger partial charge in [0.15, 0.2) is 6.73 Å². The van der Waals surface area contributed by atoms with Crippen LogP contribution in [0.1, 0.15) is 0 Å². The van der Waals surface area contributed by atoms with Crippen molar-refractivity contribution in [1.82, 2.24) is 5.32 Å². The molecule has 0 fully saturated rings. The van der Waals surface area contributed by atoms with Gasteiger partial charge in [-0.3, -0.25) is 4.79 Å². The molecule has 0 aromatic heterocycles. The number of nitrogens with one attached hydrogen (secondary N) is 1. The van der Waals surface area contributed by atoms with E-state index in [1.165, 1.54) is 6.29 Å². The lowest BCUT2D eigenvalue weighted by Crippen LogP contribution is -2.18. The van der Waals surface area contributed by atoms with Crippen LogP contribution in [0.25, 0.3) is 0 Å². The van der Waals surface area contributed by atoms with Gasteiger partial charge in [0.2, 0.25) is 5.84 Å². The summed E-state index contributed by atoms with van der Waals surface area (Å²) in [6, 6.07) is 0. The topological polar surface area (TPSA) is 50.7 Å². The van der Waals surface area contributed by atoms with Crippen LogP contribution in [0, 0.1) is 0 Å². The van der Waals surface area contributed by atoms with Crippen molar-refractivity contribution >= 4 is 12.1 Å². The Bertz CT molecular complexity index is 110. The largest absolute Gasteiger partial charge is 0.372 e. The molecule has 37 valence electrons. The number of hydrogen-bond donors (Lipinski definition) is 1. The average Bonchev–Trinajstić information content (AvgIpc) is 2.14. The Morgan fingerprint density at radius 2 is 2.86 bits per heavy atom. The molecule has 1 rings (SSSR count). The fourth-order valence-electron chi connectivity index (χ4n) is 0.284. The van der Waals surface area contributed by atoms with Gasteiger partial charge in [0.25, 0.3) is 6.29 Å². The lowest BCUT2D eigenvalue weighted by molar-refractivity contribution is 0.164. The minimum atomic E-state index is 0.139. The molecule has 0 spiro atoms. The fourth-order valence-corrected chi connectivity index (χ4v) is 0.284. The standard InChI is InChI=1S/C3H3N2O2/c6-1-3-4-2-7-5-3/h2H2,(H,4,5). The number of rotatable bonds is 1. The van der Waals surface area contributed by atoms with Crippen molar-refractivity contribution in [3.8, 4) is 0 Å². The van der Waals surface area contributed by atoms with Crippen LogP contribution in [0.4, 0.5) is 0 Å². The average molecular weight is 99.1 g/mol. The van der Waals surface area contributed by atoms with Crippen molar-refractivity contribution in [3.05, 3.63) is 0 Å². The predicted molar refractivity (Wildman–Crippen MR) is 22.2 cm³/mol. The van der Waals surface area contributed by atoms with Crippen LogP contribution in [0.5, 0.6) is 0 Å². The van der Waals surface area contributed by atoms with E-state index in [1.54, 1.807) is 0 Å². The van der Waals surface area contributed by atoms with Crippen LogP contribution in [0.2, 0.25) is 0 Å². The first-order chi connectivity index (χ1) is 3.43. The summed E-state index contributed by atoms with van der Waals surface area (Å²) in [4.78, 5) is 14.0. The highest BCUT2D eigenvalue weighted by molar-refractivity contribution is 6.27. The predicted octanol–water partition coefficient (Wildman–Crippen LogP) is -1.01. The summed E-state index contributed by atoms with van der Waals surface area (Å²) >= 11 is 0. The minimum Gasteiger partial charge on any atom is -0.372 e. The molecule has 1 aliphatic heterocycles. The molecule has 0 saturated heterocycles. The Balaban J connectivity index is 2.51. The normalized spacial score (nSPS) is 16.9. The highest BCUT2D eigenvalue weighted by Crippen LogP contribution is 1.81. The van der Waals surface area contributed by atoms with Crippen molar-refractivity contribution in [2.24, 2.45) is 5.16 Å². The van der Waals surface area contributed by atoms with Crippen LogP contribution in [-0.4, -0.2) is 18.9 Å². The van der Waals surface area contributed by atoms with Gasteiger partial charge in [0.05, 0.1) is 0 Å². The molecule has 4 nitrogen and oxygen atoms in total. The van der Waals surface area contributed by atoms with Crippen LogP contribution in [-0.2, 0) is 9.63 Å². The van der Waals surface area contributed by atoms with Gasteiger partial charge in [-0.1, -0.05) is 5.16 Å². The third-order valence-corrected chi connectivity index (χ3v) is 0.557. The number of nitrogens with zero attached hydrogens (tertiary/aromatic N) is 1. The van der Waals surface area contributed by atoms with Crippen LogP contribution in [0.3, 0.4) is 0 Å². The van der Waals surface area contributed by atoms with Crippen LogP contribution >= 0.6 is 0 Å². The molecule has 0 bridgehead atoms. The van der Waals surface area contributed by atoms with Crippen molar-refractivity contribution in [2.75, 3.05) is 6.73 Å². The van der Waals surface area contributed by atoms with E-state index in [-0.39, 0.29) is 12.6 Å². The monoisotopic (exact) mass is 99.0 g/mol. The SMILES string of the molecule is O=[C]C1=NOCN1. The second kappa shape index (κ2) is 1.59. The summed E-state index contributed by atoms with van der Waals surface area (Å²) in [6.45, 7) is 0.282. The number of oxime groups is 1. The lowest BCUT2D eigenvalue weighted by atomic mass is 10.7. The van der Waals surface area contributed by atoms with Gasteiger partial charge in [-0.05, 0) is 0 Å². The van der Waals surface area contributed by atoms with E-state index in [9.17, 15) is 4.79 Å². The van der Waals surface area contributed by atoms with Crippen molar-refractivity contribution in [2.45, 2.75) is 0 Å². The Hall–Kier alpha value is -1.06. The Labute approximate surface area is 40.1 Å². The van der Waals surface area contributed by atoms with E-state index in [1.807, 2.05) is 0 Å². The number of amidine groups is 1. The first-order valence-electron chi connectivity index (χ1n) is 1.75. The molecule has 0 aliphatic carbocycles. The molecule has 7 heavy (non-hydrogen) atoms. The molecule has 0 aromatic carbocycles. The molecular weight excluding hydrogens is 96.0 g/mol. The Morgan fingerprint density at radius 3 is 3.14 bits per heavy atom. The van der Waals surface area contributed by atoms with E-state index < -0.39 is 0 Å². The zero-order valence-electron chi connectivity index (χ0n) is 3.47. The highest BCUT2D eigenvalue weighted by atomic mass is 16.6. The smallest absolute Gasteiger partial charge is 0.275 e. The summed E-state index contributed by atoms with van der Waals surface area (Å²) < 4.78 is 0. The Morgan fingerprint density at radius 1 is 2.00 bits per heavy atom. The summed E-state index contributed by atoms with van der Waals surface area (Å²) in [5.41, 5.74) is 0. The number of carbonyl (C=O) groups excluding carboxylic acids is 1. The zero-order chi connectivity index (χ0) is 5.11. The zero-order valence-corrected chi connectivity index (χ0v) is 3.47. The summed E-state index contributed by atoms with van der Waals surface area (Å²) in [6.07, 6.45) is 1.53. The summed E-state index contributed by atoms with van der Waals surface area (Å²) in [5, 5.41) is 5.75. The number of hydrogen-bond acceptors (Lipinski definition) is 4. The second-order valence-electron chi connectivity index (χ2n) is 0.992.